The number of carbonyl (C=O) groups excluding carboxylic acids is 2. The summed E-state index contributed by atoms with van der Waals surface area (Å²) in [5.41, 5.74) is 2.87. The second kappa shape index (κ2) is 10.7. The van der Waals surface area contributed by atoms with Crippen molar-refractivity contribution in [3.8, 4) is 0 Å². The van der Waals surface area contributed by atoms with Crippen LogP contribution in [0.4, 0.5) is 0 Å². The Kier molecular flexibility index (Phi) is 7.25. The van der Waals surface area contributed by atoms with Gasteiger partial charge in [-0.3, -0.25) is 14.2 Å². The molecule has 0 saturated carbocycles. The van der Waals surface area contributed by atoms with E-state index in [2.05, 4.69) is 35.8 Å². The molecule has 192 valence electrons. The Balaban J connectivity index is 1.60. The van der Waals surface area contributed by atoms with Gasteiger partial charge in [0.05, 0.1) is 30.4 Å². The minimum absolute atomic E-state index is 0.141. The number of amides is 1. The van der Waals surface area contributed by atoms with E-state index in [4.69, 9.17) is 9.47 Å². The Hall–Kier alpha value is -3.69. The van der Waals surface area contributed by atoms with E-state index < -0.39 is 5.97 Å². The minimum Gasteiger partial charge on any atom is -0.463 e. The van der Waals surface area contributed by atoms with Gasteiger partial charge in [0.15, 0.2) is 0 Å². The molecule has 0 bridgehead atoms. The second-order valence-corrected chi connectivity index (χ2v) is 9.83. The van der Waals surface area contributed by atoms with Gasteiger partial charge in [-0.15, -0.1) is 11.3 Å². The predicted octanol–water partition coefficient (Wildman–Crippen LogP) is 2.07. The molecular weight excluding hydrogens is 490 g/mol. The molecule has 1 aliphatic heterocycles. The third-order valence-corrected chi connectivity index (χ3v) is 7.59. The first-order valence-corrected chi connectivity index (χ1v) is 13.3. The van der Waals surface area contributed by atoms with Crippen LogP contribution in [0.25, 0.3) is 34.0 Å². The van der Waals surface area contributed by atoms with Crippen molar-refractivity contribution in [2.24, 2.45) is 0 Å². The number of aryl methyl sites for hydroxylation is 1. The highest BCUT2D eigenvalue weighted by molar-refractivity contribution is 7.07. The second-order valence-electron chi connectivity index (χ2n) is 8.77. The van der Waals surface area contributed by atoms with Crippen LogP contribution in [0.15, 0.2) is 47.3 Å². The standard InChI is InChI=1S/C28H29N3O5S/c1-3-30-22-8-6-5-7-20(22)21-15-19(9-10-23(21)30)16-24-28(34)31(26(37-24)17-27(33)36-4-2)18-25(32)29-11-13-35-14-12-29/h5-10,15-17H,3-4,11-14,18H2,1-2H3/b24-16+,26-17-. The Morgan fingerprint density at radius 3 is 2.54 bits per heavy atom. The number of rotatable bonds is 6. The fourth-order valence-electron chi connectivity index (χ4n) is 4.78. The lowest BCUT2D eigenvalue weighted by Gasteiger charge is -2.26. The summed E-state index contributed by atoms with van der Waals surface area (Å²) in [5.74, 6) is -0.723. The first-order valence-electron chi connectivity index (χ1n) is 12.5. The number of esters is 1. The fraction of sp³-hybridized carbons (Fsp3) is 0.321. The smallest absolute Gasteiger partial charge is 0.333 e. The molecule has 0 aliphatic carbocycles. The normalized spacial score (nSPS) is 15.1. The van der Waals surface area contributed by atoms with Crippen molar-refractivity contribution in [3.63, 3.8) is 0 Å². The van der Waals surface area contributed by atoms with Crippen LogP contribution in [0.2, 0.25) is 0 Å². The molecule has 9 heteroatoms. The topological polar surface area (TPSA) is 82.8 Å². The Morgan fingerprint density at radius 2 is 1.78 bits per heavy atom. The number of aromatic nitrogens is 2. The molecule has 1 amide bonds. The summed E-state index contributed by atoms with van der Waals surface area (Å²) in [5, 5.41) is 2.27. The summed E-state index contributed by atoms with van der Waals surface area (Å²) in [6.07, 6.45) is 3.11. The highest BCUT2D eigenvalue weighted by atomic mass is 32.1. The monoisotopic (exact) mass is 519 g/mol. The van der Waals surface area contributed by atoms with Crippen molar-refractivity contribution in [2.45, 2.75) is 26.9 Å². The summed E-state index contributed by atoms with van der Waals surface area (Å²) < 4.78 is 14.9. The fourth-order valence-corrected chi connectivity index (χ4v) is 5.81. The lowest BCUT2D eigenvalue weighted by molar-refractivity contribution is -0.136. The van der Waals surface area contributed by atoms with Crippen LogP contribution in [0.3, 0.4) is 0 Å². The molecule has 3 heterocycles. The van der Waals surface area contributed by atoms with Crippen LogP contribution in [0.1, 0.15) is 19.4 Å². The predicted molar refractivity (Wildman–Crippen MR) is 145 cm³/mol. The lowest BCUT2D eigenvalue weighted by atomic mass is 10.1. The zero-order chi connectivity index (χ0) is 25.9. The largest absolute Gasteiger partial charge is 0.463 e. The van der Waals surface area contributed by atoms with Crippen molar-refractivity contribution < 1.29 is 19.1 Å². The van der Waals surface area contributed by atoms with E-state index >= 15 is 0 Å². The van der Waals surface area contributed by atoms with Crippen molar-refractivity contribution >= 4 is 57.2 Å². The maximum atomic E-state index is 13.4. The van der Waals surface area contributed by atoms with Gasteiger partial charge in [0.25, 0.3) is 5.56 Å². The van der Waals surface area contributed by atoms with Gasteiger partial charge in [-0.25, -0.2) is 4.79 Å². The number of thiazole rings is 1. The molecule has 2 aromatic heterocycles. The van der Waals surface area contributed by atoms with Gasteiger partial charge in [0.2, 0.25) is 5.91 Å². The Bertz CT molecular complexity index is 1660. The quantitative estimate of drug-likeness (QED) is 0.364. The molecule has 0 N–H and O–H groups in total. The molecule has 1 fully saturated rings. The highest BCUT2D eigenvalue weighted by Crippen LogP contribution is 2.29. The van der Waals surface area contributed by atoms with E-state index in [-0.39, 0.29) is 24.6 Å². The first-order chi connectivity index (χ1) is 18.0. The van der Waals surface area contributed by atoms with Gasteiger partial charge in [-0.1, -0.05) is 24.3 Å². The van der Waals surface area contributed by atoms with Crippen LogP contribution in [0, 0.1) is 0 Å². The number of nitrogens with zero attached hydrogens (tertiary/aromatic N) is 3. The number of ether oxygens (including phenoxy) is 2. The number of para-hydroxylation sites is 1. The Morgan fingerprint density at radius 1 is 1.03 bits per heavy atom. The molecule has 1 aliphatic rings. The van der Waals surface area contributed by atoms with Crippen molar-refractivity contribution in [1.82, 2.24) is 14.0 Å². The molecule has 0 radical (unpaired) electrons. The third-order valence-electron chi connectivity index (χ3n) is 6.53. The first kappa shape index (κ1) is 25.0. The molecule has 0 unspecified atom stereocenters. The highest BCUT2D eigenvalue weighted by Gasteiger charge is 2.19. The van der Waals surface area contributed by atoms with Crippen LogP contribution >= 0.6 is 11.3 Å². The van der Waals surface area contributed by atoms with Crippen LogP contribution < -0.4 is 14.8 Å². The van der Waals surface area contributed by atoms with E-state index in [0.29, 0.717) is 35.5 Å². The summed E-state index contributed by atoms with van der Waals surface area (Å²) in [7, 11) is 0. The third kappa shape index (κ3) is 4.97. The van der Waals surface area contributed by atoms with Crippen LogP contribution in [-0.2, 0) is 32.2 Å². The molecule has 5 rings (SSSR count). The molecule has 2 aromatic carbocycles. The number of hydrogen-bond acceptors (Lipinski definition) is 6. The van der Waals surface area contributed by atoms with Crippen molar-refractivity contribution in [2.75, 3.05) is 32.9 Å². The van der Waals surface area contributed by atoms with Gasteiger partial charge in [-0.2, -0.15) is 0 Å². The number of morpholine rings is 1. The summed E-state index contributed by atoms with van der Waals surface area (Å²) in [4.78, 5) is 40.3. The zero-order valence-electron chi connectivity index (χ0n) is 20.9. The zero-order valence-corrected chi connectivity index (χ0v) is 21.8. The van der Waals surface area contributed by atoms with Gasteiger partial charge >= 0.3 is 5.97 Å². The number of hydrogen-bond donors (Lipinski definition) is 0. The van der Waals surface area contributed by atoms with Crippen molar-refractivity contribution in [3.05, 3.63) is 67.6 Å². The lowest BCUT2D eigenvalue weighted by Crippen LogP contribution is -2.45. The summed E-state index contributed by atoms with van der Waals surface area (Å²) in [6, 6.07) is 14.4. The molecule has 0 spiro atoms. The van der Waals surface area contributed by atoms with E-state index in [1.165, 1.54) is 27.5 Å². The minimum atomic E-state index is -0.545. The van der Waals surface area contributed by atoms with Gasteiger partial charge < -0.3 is 18.9 Å². The van der Waals surface area contributed by atoms with E-state index in [0.717, 1.165) is 28.4 Å². The molecule has 37 heavy (non-hydrogen) atoms. The summed E-state index contributed by atoms with van der Waals surface area (Å²) >= 11 is 1.18. The van der Waals surface area contributed by atoms with Gasteiger partial charge in [0.1, 0.15) is 11.2 Å². The maximum absolute atomic E-state index is 13.4. The van der Waals surface area contributed by atoms with E-state index in [1.54, 1.807) is 11.8 Å². The molecule has 1 saturated heterocycles. The van der Waals surface area contributed by atoms with Crippen LogP contribution in [-0.4, -0.2) is 58.8 Å². The van der Waals surface area contributed by atoms with E-state index in [1.807, 2.05) is 24.3 Å². The summed E-state index contributed by atoms with van der Waals surface area (Å²) in [6.45, 7) is 6.70. The number of benzene rings is 2. The van der Waals surface area contributed by atoms with Gasteiger partial charge in [-0.05, 0) is 43.7 Å². The number of carbonyl (C=O) groups is 2. The molecular formula is C28H29N3O5S. The Labute approximate surface area is 217 Å². The van der Waals surface area contributed by atoms with Crippen LogP contribution in [0.5, 0.6) is 0 Å². The van der Waals surface area contributed by atoms with Crippen molar-refractivity contribution in [1.29, 1.82) is 0 Å². The van der Waals surface area contributed by atoms with Gasteiger partial charge in [0, 0.05) is 41.4 Å². The number of fused-ring (bicyclic) bond motifs is 3. The molecule has 0 atom stereocenters. The average molecular weight is 520 g/mol. The van der Waals surface area contributed by atoms with E-state index in [9.17, 15) is 14.4 Å². The average Bonchev–Trinajstić information content (AvgIpc) is 3.38. The molecule has 4 aromatic rings. The molecule has 8 nitrogen and oxygen atoms in total. The SMILES string of the molecule is CCOC(=O)/C=c1\s/c(=C/c2ccc3c(c2)c2ccccc2n3CC)c(=O)n1CC(=O)N1CCOCC1. The maximum Gasteiger partial charge on any atom is 0.333 e.